The second kappa shape index (κ2) is 8.00. The summed E-state index contributed by atoms with van der Waals surface area (Å²) in [5.41, 5.74) is 2.05. The fraction of sp³-hybridized carbons (Fsp3) is 0.0952. The minimum atomic E-state index is -3.89. The largest absolute Gasteiger partial charge is 0.454 e. The summed E-state index contributed by atoms with van der Waals surface area (Å²) < 4.78 is 39.4. The molecule has 0 radical (unpaired) electrons. The Morgan fingerprint density at radius 3 is 2.63 bits per heavy atom. The van der Waals surface area contributed by atoms with Gasteiger partial charge < -0.3 is 14.8 Å². The smallest absolute Gasteiger partial charge is 0.261 e. The van der Waals surface area contributed by atoms with E-state index in [1.54, 1.807) is 36.4 Å². The molecule has 0 fully saturated rings. The molecular weight excluding hydrogens is 472 g/mol. The first-order valence-corrected chi connectivity index (χ1v) is 11.2. The molecule has 0 bridgehead atoms. The molecule has 0 unspecified atom stereocenters. The van der Waals surface area contributed by atoms with Crippen molar-refractivity contribution < 1.29 is 22.7 Å². The van der Waals surface area contributed by atoms with Crippen LogP contribution in [0.5, 0.6) is 11.5 Å². The average Bonchev–Trinajstić information content (AvgIpc) is 3.18. The minimum absolute atomic E-state index is 0.0192. The van der Waals surface area contributed by atoms with Gasteiger partial charge in [0.1, 0.15) is 0 Å². The van der Waals surface area contributed by atoms with Crippen molar-refractivity contribution >= 4 is 43.2 Å². The number of carbonyl (C=O) groups excluding carboxylic acids is 1. The van der Waals surface area contributed by atoms with Gasteiger partial charge in [-0.25, -0.2) is 8.42 Å². The third kappa shape index (κ3) is 4.27. The highest BCUT2D eigenvalue weighted by molar-refractivity contribution is 9.10. The Hall–Kier alpha value is -3.04. The van der Waals surface area contributed by atoms with Crippen molar-refractivity contribution in [1.82, 2.24) is 0 Å². The van der Waals surface area contributed by atoms with Gasteiger partial charge >= 0.3 is 0 Å². The van der Waals surface area contributed by atoms with Gasteiger partial charge in [-0.05, 0) is 70.9 Å². The van der Waals surface area contributed by atoms with Crippen molar-refractivity contribution in [3.05, 3.63) is 76.3 Å². The quantitative estimate of drug-likeness (QED) is 0.549. The van der Waals surface area contributed by atoms with Crippen LogP contribution in [0, 0.1) is 6.92 Å². The standard InChI is InChI=1S/C21H17BrN2O5S/c1-13-5-7-17(22)18(9-13)24-30(26,27)16-4-2-3-14(10-16)21(25)23-15-6-8-19-20(11-15)29-12-28-19/h2-11,24H,12H2,1H3,(H,23,25). The molecule has 0 saturated carbocycles. The molecule has 3 aromatic rings. The van der Waals surface area contributed by atoms with Crippen molar-refractivity contribution in [1.29, 1.82) is 0 Å². The van der Waals surface area contributed by atoms with E-state index >= 15 is 0 Å². The molecule has 0 aliphatic carbocycles. The Kier molecular flexibility index (Phi) is 5.40. The van der Waals surface area contributed by atoms with E-state index in [4.69, 9.17) is 9.47 Å². The second-order valence-electron chi connectivity index (χ2n) is 6.64. The number of carbonyl (C=O) groups is 1. The fourth-order valence-corrected chi connectivity index (χ4v) is 4.50. The molecule has 1 amide bonds. The van der Waals surface area contributed by atoms with Crippen LogP contribution in [0.4, 0.5) is 11.4 Å². The van der Waals surface area contributed by atoms with Crippen molar-refractivity contribution in [2.45, 2.75) is 11.8 Å². The van der Waals surface area contributed by atoms with Crippen LogP contribution < -0.4 is 19.5 Å². The monoisotopic (exact) mass is 488 g/mol. The van der Waals surface area contributed by atoms with Crippen LogP contribution in [0.2, 0.25) is 0 Å². The van der Waals surface area contributed by atoms with Crippen LogP contribution >= 0.6 is 15.9 Å². The van der Waals surface area contributed by atoms with Gasteiger partial charge in [-0.1, -0.05) is 12.1 Å². The molecule has 154 valence electrons. The third-order valence-electron chi connectivity index (χ3n) is 4.40. The summed E-state index contributed by atoms with van der Waals surface area (Å²) in [6.45, 7) is 2.00. The highest BCUT2D eigenvalue weighted by Crippen LogP contribution is 2.34. The van der Waals surface area contributed by atoms with Gasteiger partial charge in [-0.2, -0.15) is 0 Å². The number of nitrogens with one attached hydrogen (secondary N) is 2. The van der Waals surface area contributed by atoms with E-state index in [0.717, 1.165) is 5.56 Å². The summed E-state index contributed by atoms with van der Waals surface area (Å²) in [5, 5.41) is 2.74. The van der Waals surface area contributed by atoms with Gasteiger partial charge in [0, 0.05) is 21.8 Å². The highest BCUT2D eigenvalue weighted by atomic mass is 79.9. The summed E-state index contributed by atoms with van der Waals surface area (Å²) in [7, 11) is -3.89. The molecule has 0 atom stereocenters. The van der Waals surface area contributed by atoms with Crippen LogP contribution in [-0.2, 0) is 10.0 Å². The molecule has 0 spiro atoms. The second-order valence-corrected chi connectivity index (χ2v) is 9.18. The number of sulfonamides is 1. The normalized spacial score (nSPS) is 12.5. The lowest BCUT2D eigenvalue weighted by molar-refractivity contribution is 0.102. The van der Waals surface area contributed by atoms with Gasteiger partial charge in [-0.3, -0.25) is 9.52 Å². The number of rotatable bonds is 5. The van der Waals surface area contributed by atoms with E-state index < -0.39 is 15.9 Å². The summed E-state index contributed by atoms with van der Waals surface area (Å²) >= 11 is 3.34. The van der Waals surface area contributed by atoms with E-state index in [-0.39, 0.29) is 17.3 Å². The van der Waals surface area contributed by atoms with Gasteiger partial charge in [-0.15, -0.1) is 0 Å². The molecule has 1 aliphatic heterocycles. The summed E-state index contributed by atoms with van der Waals surface area (Å²) in [6.07, 6.45) is 0. The molecule has 1 heterocycles. The van der Waals surface area contributed by atoms with Crippen molar-refractivity contribution in [3.8, 4) is 11.5 Å². The topological polar surface area (TPSA) is 93.7 Å². The molecule has 7 nitrogen and oxygen atoms in total. The lowest BCUT2D eigenvalue weighted by Gasteiger charge is -2.12. The molecule has 0 saturated heterocycles. The molecule has 1 aliphatic rings. The Morgan fingerprint density at radius 2 is 1.80 bits per heavy atom. The molecular formula is C21H17BrN2O5S. The number of fused-ring (bicyclic) bond motifs is 1. The maximum absolute atomic E-state index is 12.8. The predicted molar refractivity (Wildman–Crippen MR) is 117 cm³/mol. The number of aryl methyl sites for hydroxylation is 1. The predicted octanol–water partition coefficient (Wildman–Crippen LogP) is 4.54. The molecule has 4 rings (SSSR count). The number of amides is 1. The van der Waals surface area contributed by atoms with Crippen LogP contribution in [0.1, 0.15) is 15.9 Å². The average molecular weight is 489 g/mol. The third-order valence-corrected chi connectivity index (χ3v) is 6.46. The lowest BCUT2D eigenvalue weighted by atomic mass is 10.2. The van der Waals surface area contributed by atoms with E-state index in [0.29, 0.717) is 27.3 Å². The number of benzene rings is 3. The SMILES string of the molecule is Cc1ccc(Br)c(NS(=O)(=O)c2cccc(C(=O)Nc3ccc4c(c3)OCO4)c2)c1. The Balaban J connectivity index is 1.55. The Morgan fingerprint density at radius 1 is 1.00 bits per heavy atom. The van der Waals surface area contributed by atoms with Crippen LogP contribution in [-0.4, -0.2) is 21.1 Å². The molecule has 9 heteroatoms. The van der Waals surface area contributed by atoms with Gasteiger partial charge in [0.15, 0.2) is 11.5 Å². The van der Waals surface area contributed by atoms with Crippen molar-refractivity contribution in [3.63, 3.8) is 0 Å². The molecule has 30 heavy (non-hydrogen) atoms. The molecule has 2 N–H and O–H groups in total. The summed E-state index contributed by atoms with van der Waals surface area (Å²) in [4.78, 5) is 12.6. The van der Waals surface area contributed by atoms with Crippen LogP contribution in [0.15, 0.2) is 70.0 Å². The van der Waals surface area contributed by atoms with Gasteiger partial charge in [0.2, 0.25) is 6.79 Å². The van der Waals surface area contributed by atoms with Crippen molar-refractivity contribution in [2.24, 2.45) is 0 Å². The zero-order valence-corrected chi connectivity index (χ0v) is 18.2. The zero-order valence-electron chi connectivity index (χ0n) is 15.8. The van der Waals surface area contributed by atoms with Gasteiger partial charge in [0.05, 0.1) is 10.6 Å². The Bertz CT molecular complexity index is 1240. The Labute approximate surface area is 182 Å². The number of anilines is 2. The highest BCUT2D eigenvalue weighted by Gasteiger charge is 2.19. The maximum Gasteiger partial charge on any atom is 0.261 e. The first-order valence-electron chi connectivity index (χ1n) is 8.92. The summed E-state index contributed by atoms with van der Waals surface area (Å²) in [5.74, 6) is 0.703. The van der Waals surface area contributed by atoms with E-state index in [1.807, 2.05) is 13.0 Å². The zero-order chi connectivity index (χ0) is 21.3. The van der Waals surface area contributed by atoms with Gasteiger partial charge in [0.25, 0.3) is 15.9 Å². The molecule has 3 aromatic carbocycles. The van der Waals surface area contributed by atoms with E-state index in [9.17, 15) is 13.2 Å². The first-order chi connectivity index (χ1) is 14.3. The fourth-order valence-electron chi connectivity index (χ4n) is 2.90. The summed E-state index contributed by atoms with van der Waals surface area (Å²) in [6, 6.07) is 16.2. The lowest BCUT2D eigenvalue weighted by Crippen LogP contribution is -2.16. The number of halogens is 1. The van der Waals surface area contributed by atoms with E-state index in [1.165, 1.54) is 18.2 Å². The first kappa shape index (κ1) is 20.2. The van der Waals surface area contributed by atoms with Crippen LogP contribution in [0.25, 0.3) is 0 Å². The van der Waals surface area contributed by atoms with Crippen LogP contribution in [0.3, 0.4) is 0 Å². The van der Waals surface area contributed by atoms with Crippen molar-refractivity contribution in [2.75, 3.05) is 16.8 Å². The maximum atomic E-state index is 12.8. The van der Waals surface area contributed by atoms with E-state index in [2.05, 4.69) is 26.0 Å². The number of hydrogen-bond acceptors (Lipinski definition) is 5. The molecule has 0 aromatic heterocycles. The number of ether oxygens (including phenoxy) is 2. The number of hydrogen-bond donors (Lipinski definition) is 2. The minimum Gasteiger partial charge on any atom is -0.454 e.